The van der Waals surface area contributed by atoms with Crippen LogP contribution in [0.3, 0.4) is 0 Å². The van der Waals surface area contributed by atoms with Gasteiger partial charge in [0.05, 0.1) is 5.69 Å². The molecule has 3 rings (SSSR count). The highest BCUT2D eigenvalue weighted by molar-refractivity contribution is 6.01. The fourth-order valence-corrected chi connectivity index (χ4v) is 2.55. The number of carboxylic acids is 1. The van der Waals surface area contributed by atoms with E-state index in [1.807, 2.05) is 0 Å². The molecular formula is C18H15N3O3. The second-order valence-electron chi connectivity index (χ2n) is 5.26. The lowest BCUT2D eigenvalue weighted by Gasteiger charge is -2.13. The van der Waals surface area contributed by atoms with Crippen LogP contribution in [-0.2, 0) is 0 Å². The number of para-hydroxylation sites is 1. The van der Waals surface area contributed by atoms with Gasteiger partial charge in [-0.3, -0.25) is 0 Å². The van der Waals surface area contributed by atoms with Gasteiger partial charge in [0.15, 0.2) is 0 Å². The summed E-state index contributed by atoms with van der Waals surface area (Å²) in [4.78, 5) is 15.8. The van der Waals surface area contributed by atoms with E-state index < -0.39 is 5.97 Å². The molecule has 0 unspecified atom stereocenters. The first kappa shape index (κ1) is 15.4. The highest BCUT2D eigenvalue weighted by Gasteiger charge is 2.20. The Hall–Kier alpha value is -3.54. The number of rotatable bonds is 3. The van der Waals surface area contributed by atoms with E-state index in [1.54, 1.807) is 48.5 Å². The Kier molecular flexibility index (Phi) is 3.79. The van der Waals surface area contributed by atoms with E-state index in [1.165, 1.54) is 6.07 Å². The first-order chi connectivity index (χ1) is 11.5. The topological polar surface area (TPSA) is 122 Å². The number of benzene rings is 2. The molecule has 0 aliphatic heterocycles. The van der Waals surface area contributed by atoms with Crippen molar-refractivity contribution in [2.45, 2.75) is 0 Å². The molecule has 6 nitrogen and oxygen atoms in total. The number of nitrogens with zero attached hydrogens (tertiary/aromatic N) is 1. The van der Waals surface area contributed by atoms with Crippen molar-refractivity contribution in [3.05, 3.63) is 60.2 Å². The molecule has 0 saturated carbocycles. The van der Waals surface area contributed by atoms with E-state index in [0.717, 1.165) is 0 Å². The number of aromatic nitrogens is 1. The third kappa shape index (κ3) is 2.72. The molecule has 6 heteroatoms. The standard InChI is InChI=1S/C18H15N3O3/c19-11-5-3-4-10(8-11)13-9-14(12-6-1-2-7-15(12)22)21-17(20)16(13)18(23)24/h1-9,22H,19H2,(H2,20,21)(H,23,24). The minimum atomic E-state index is -1.18. The van der Waals surface area contributed by atoms with Gasteiger partial charge in [-0.05, 0) is 35.9 Å². The first-order valence-electron chi connectivity index (χ1n) is 7.15. The quantitative estimate of drug-likeness (QED) is 0.550. The Labute approximate surface area is 138 Å². The summed E-state index contributed by atoms with van der Waals surface area (Å²) in [6, 6.07) is 15.1. The number of anilines is 2. The molecule has 1 heterocycles. The monoisotopic (exact) mass is 321 g/mol. The summed E-state index contributed by atoms with van der Waals surface area (Å²) >= 11 is 0. The van der Waals surface area contributed by atoms with Gasteiger partial charge >= 0.3 is 5.97 Å². The van der Waals surface area contributed by atoms with Gasteiger partial charge in [-0.2, -0.15) is 0 Å². The molecule has 3 aromatic rings. The van der Waals surface area contributed by atoms with E-state index >= 15 is 0 Å². The Bertz CT molecular complexity index is 939. The Morgan fingerprint density at radius 3 is 2.38 bits per heavy atom. The number of phenolic OH excluding ortho intramolecular Hbond substituents is 1. The number of nitrogen functional groups attached to an aromatic ring is 2. The first-order valence-corrected chi connectivity index (χ1v) is 7.15. The average molecular weight is 321 g/mol. The minimum Gasteiger partial charge on any atom is -0.507 e. The van der Waals surface area contributed by atoms with Crippen molar-refractivity contribution in [3.63, 3.8) is 0 Å². The molecule has 2 aromatic carbocycles. The SMILES string of the molecule is Nc1cccc(-c2cc(-c3ccccc3O)nc(N)c2C(=O)O)c1. The van der Waals surface area contributed by atoms with Crippen molar-refractivity contribution in [3.8, 4) is 28.1 Å². The van der Waals surface area contributed by atoms with Crippen molar-refractivity contribution in [1.82, 2.24) is 4.98 Å². The summed E-state index contributed by atoms with van der Waals surface area (Å²) in [5.74, 6) is -1.27. The number of pyridine rings is 1. The number of aromatic hydroxyl groups is 1. The van der Waals surface area contributed by atoms with E-state index in [9.17, 15) is 15.0 Å². The Morgan fingerprint density at radius 1 is 0.958 bits per heavy atom. The zero-order chi connectivity index (χ0) is 17.3. The van der Waals surface area contributed by atoms with Crippen LogP contribution in [0, 0.1) is 0 Å². The maximum Gasteiger partial charge on any atom is 0.340 e. The van der Waals surface area contributed by atoms with Crippen molar-refractivity contribution >= 4 is 17.5 Å². The molecule has 24 heavy (non-hydrogen) atoms. The van der Waals surface area contributed by atoms with Crippen LogP contribution in [0.4, 0.5) is 11.5 Å². The number of phenols is 1. The number of nitrogens with two attached hydrogens (primary N) is 2. The summed E-state index contributed by atoms with van der Waals surface area (Å²) < 4.78 is 0. The maximum absolute atomic E-state index is 11.6. The lowest BCUT2D eigenvalue weighted by Crippen LogP contribution is -2.08. The molecule has 0 fully saturated rings. The van der Waals surface area contributed by atoms with Crippen LogP contribution in [0.25, 0.3) is 22.4 Å². The lowest BCUT2D eigenvalue weighted by atomic mass is 9.97. The van der Waals surface area contributed by atoms with Gasteiger partial charge in [0.1, 0.15) is 17.1 Å². The van der Waals surface area contributed by atoms with Gasteiger partial charge in [-0.1, -0.05) is 24.3 Å². The smallest absolute Gasteiger partial charge is 0.340 e. The average Bonchev–Trinajstić information content (AvgIpc) is 2.54. The van der Waals surface area contributed by atoms with Crippen molar-refractivity contribution < 1.29 is 15.0 Å². The molecule has 1 aromatic heterocycles. The summed E-state index contributed by atoms with van der Waals surface area (Å²) in [7, 11) is 0. The van der Waals surface area contributed by atoms with Gasteiger partial charge in [0.2, 0.25) is 0 Å². The zero-order valence-electron chi connectivity index (χ0n) is 12.6. The maximum atomic E-state index is 11.6. The van der Waals surface area contributed by atoms with Crippen LogP contribution in [-0.4, -0.2) is 21.2 Å². The molecule has 0 saturated heterocycles. The molecule has 0 radical (unpaired) electrons. The van der Waals surface area contributed by atoms with Gasteiger partial charge in [0, 0.05) is 16.8 Å². The third-order valence-electron chi connectivity index (χ3n) is 3.64. The molecule has 0 spiro atoms. The number of carbonyl (C=O) groups is 1. The van der Waals surface area contributed by atoms with Crippen LogP contribution in [0.5, 0.6) is 5.75 Å². The molecular weight excluding hydrogens is 306 g/mol. The number of hydrogen-bond donors (Lipinski definition) is 4. The summed E-state index contributed by atoms with van der Waals surface area (Å²) in [6.07, 6.45) is 0. The van der Waals surface area contributed by atoms with E-state index in [0.29, 0.717) is 28.1 Å². The van der Waals surface area contributed by atoms with Crippen LogP contribution >= 0.6 is 0 Å². The Morgan fingerprint density at radius 2 is 1.71 bits per heavy atom. The molecule has 0 aliphatic carbocycles. The van der Waals surface area contributed by atoms with E-state index in [2.05, 4.69) is 4.98 Å². The van der Waals surface area contributed by atoms with Gasteiger partial charge in [0.25, 0.3) is 0 Å². The van der Waals surface area contributed by atoms with Crippen molar-refractivity contribution in [2.75, 3.05) is 11.5 Å². The summed E-state index contributed by atoms with van der Waals surface area (Å²) in [6.45, 7) is 0. The second-order valence-corrected chi connectivity index (χ2v) is 5.26. The third-order valence-corrected chi connectivity index (χ3v) is 3.64. The molecule has 0 atom stereocenters. The van der Waals surface area contributed by atoms with Crippen LogP contribution in [0.15, 0.2) is 54.6 Å². The number of aromatic carboxylic acids is 1. The number of carboxylic acid groups (broad SMARTS) is 1. The van der Waals surface area contributed by atoms with Crippen LogP contribution in [0.1, 0.15) is 10.4 Å². The van der Waals surface area contributed by atoms with E-state index in [4.69, 9.17) is 11.5 Å². The molecule has 0 amide bonds. The summed E-state index contributed by atoms with van der Waals surface area (Å²) in [5.41, 5.74) is 13.9. The van der Waals surface area contributed by atoms with Gasteiger partial charge in [-0.15, -0.1) is 0 Å². The van der Waals surface area contributed by atoms with Crippen molar-refractivity contribution in [1.29, 1.82) is 0 Å². The van der Waals surface area contributed by atoms with E-state index in [-0.39, 0.29) is 17.1 Å². The fraction of sp³-hybridized carbons (Fsp3) is 0. The van der Waals surface area contributed by atoms with Crippen LogP contribution in [0.2, 0.25) is 0 Å². The largest absolute Gasteiger partial charge is 0.507 e. The highest BCUT2D eigenvalue weighted by atomic mass is 16.4. The van der Waals surface area contributed by atoms with Crippen LogP contribution < -0.4 is 11.5 Å². The second kappa shape index (κ2) is 5.92. The molecule has 0 bridgehead atoms. The van der Waals surface area contributed by atoms with Gasteiger partial charge in [-0.25, -0.2) is 9.78 Å². The predicted molar refractivity (Wildman–Crippen MR) is 92.6 cm³/mol. The number of hydrogen-bond acceptors (Lipinski definition) is 5. The fourth-order valence-electron chi connectivity index (χ4n) is 2.55. The Balaban J connectivity index is 2.30. The lowest BCUT2D eigenvalue weighted by molar-refractivity contribution is 0.0698. The molecule has 6 N–H and O–H groups in total. The highest BCUT2D eigenvalue weighted by Crippen LogP contribution is 2.35. The predicted octanol–water partition coefficient (Wildman–Crippen LogP) is 2.98. The summed E-state index contributed by atoms with van der Waals surface area (Å²) in [5, 5.41) is 19.5. The molecule has 120 valence electrons. The van der Waals surface area contributed by atoms with Crippen molar-refractivity contribution in [2.24, 2.45) is 0 Å². The minimum absolute atomic E-state index is 0.0333. The van der Waals surface area contributed by atoms with Gasteiger partial charge < -0.3 is 21.7 Å². The normalized spacial score (nSPS) is 10.5. The molecule has 0 aliphatic rings. The zero-order valence-corrected chi connectivity index (χ0v) is 12.6.